The molecule has 0 spiro atoms. The Kier molecular flexibility index (Phi) is 3.98. The van der Waals surface area contributed by atoms with Crippen molar-refractivity contribution in [2.24, 2.45) is 5.18 Å². The van der Waals surface area contributed by atoms with E-state index in [9.17, 15) is 4.91 Å². The Balaban J connectivity index is 3.01. The normalized spacial score (nSPS) is 7.79. The molecule has 0 saturated heterocycles. The van der Waals surface area contributed by atoms with Gasteiger partial charge >= 0.3 is 0 Å². The Morgan fingerprint density at radius 3 is 2.43 bits per heavy atom. The van der Waals surface area contributed by atoms with Crippen LogP contribution >= 0.6 is 0 Å². The number of hydrogen-bond acceptors (Lipinski definition) is 2. The van der Waals surface area contributed by atoms with Crippen LogP contribution in [-0.2, 0) is 0 Å². The van der Waals surface area contributed by atoms with E-state index in [1.165, 1.54) is 0 Å². The van der Waals surface area contributed by atoms with E-state index in [-0.39, 0.29) is 6.54 Å². The molecule has 0 saturated carbocycles. The van der Waals surface area contributed by atoms with Crippen LogP contribution in [0.4, 0.5) is 0 Å². The maximum Gasteiger partial charge on any atom is 0.142 e. The fourth-order valence-corrected chi connectivity index (χ4v) is 0.963. The smallest absolute Gasteiger partial charge is 0.142 e. The quantitative estimate of drug-likeness (QED) is 0.482. The third kappa shape index (κ3) is 2.77. The maximum absolute atomic E-state index is 9.82. The summed E-state index contributed by atoms with van der Waals surface area (Å²) >= 11 is 0. The molecule has 14 heavy (non-hydrogen) atoms. The Bertz CT molecular complexity index is 441. The van der Waals surface area contributed by atoms with Crippen molar-refractivity contribution in [3.63, 3.8) is 0 Å². The van der Waals surface area contributed by atoms with Crippen molar-refractivity contribution in [2.45, 2.75) is 0 Å². The van der Waals surface area contributed by atoms with Gasteiger partial charge in [-0.1, -0.05) is 41.0 Å². The van der Waals surface area contributed by atoms with E-state index in [0.29, 0.717) is 0 Å². The average Bonchev–Trinajstić information content (AvgIpc) is 2.21. The van der Waals surface area contributed by atoms with E-state index >= 15 is 0 Å². The summed E-state index contributed by atoms with van der Waals surface area (Å²) in [6.07, 6.45) is 0. The van der Waals surface area contributed by atoms with Crippen LogP contribution in [0.15, 0.2) is 29.4 Å². The highest BCUT2D eigenvalue weighted by Crippen LogP contribution is 2.04. The molecule has 67 valence electrons. The summed E-state index contributed by atoms with van der Waals surface area (Å²) in [6, 6.07) is 7.45. The van der Waals surface area contributed by atoms with Crippen molar-refractivity contribution in [3.8, 4) is 23.7 Å². The Hall–Kier alpha value is -2.06. The molecule has 0 aliphatic rings. The van der Waals surface area contributed by atoms with E-state index in [2.05, 4.69) is 35.8 Å². The van der Waals surface area contributed by atoms with Gasteiger partial charge in [-0.15, -0.1) is 4.91 Å². The summed E-state index contributed by atoms with van der Waals surface area (Å²) in [4.78, 5) is 9.82. The minimum absolute atomic E-state index is 0.00609. The zero-order valence-electron chi connectivity index (χ0n) is 7.58. The summed E-state index contributed by atoms with van der Waals surface area (Å²) in [7, 11) is 0. The second-order valence-electron chi connectivity index (χ2n) is 2.44. The highest BCUT2D eigenvalue weighted by Gasteiger charge is 1.92. The molecule has 0 heterocycles. The SMILES string of the molecule is [CH2]C#Cc1ccccc1C#CCN=O. The maximum atomic E-state index is 9.82. The Morgan fingerprint density at radius 2 is 1.86 bits per heavy atom. The lowest BCUT2D eigenvalue weighted by atomic mass is 10.1. The first-order chi connectivity index (χ1) is 6.88. The lowest BCUT2D eigenvalue weighted by molar-refractivity contribution is 1.26. The molecule has 1 aromatic rings. The van der Waals surface area contributed by atoms with E-state index in [1.54, 1.807) is 0 Å². The number of benzene rings is 1. The highest BCUT2D eigenvalue weighted by molar-refractivity contribution is 5.50. The molecule has 2 heteroatoms. The van der Waals surface area contributed by atoms with Gasteiger partial charge in [0.2, 0.25) is 0 Å². The first-order valence-electron chi connectivity index (χ1n) is 4.03. The van der Waals surface area contributed by atoms with E-state index < -0.39 is 0 Å². The lowest BCUT2D eigenvalue weighted by Gasteiger charge is -1.93. The number of nitrogens with zero attached hydrogens (tertiary/aromatic N) is 1. The molecule has 1 rings (SSSR count). The number of nitroso groups, excluding NO2 is 1. The van der Waals surface area contributed by atoms with Crippen molar-refractivity contribution < 1.29 is 0 Å². The molecule has 0 fully saturated rings. The standard InChI is InChI=1S/C12H8NO/c1-2-6-11-7-3-4-8-12(11)9-5-10-13-14/h3-4,7-8H,1,10H2. The van der Waals surface area contributed by atoms with Crippen molar-refractivity contribution in [3.05, 3.63) is 47.2 Å². The average molecular weight is 182 g/mol. The summed E-state index contributed by atoms with van der Waals surface area (Å²) in [5.41, 5.74) is 1.62. The largest absolute Gasteiger partial charge is 0.150 e. The molecule has 0 atom stereocenters. The van der Waals surface area contributed by atoms with Gasteiger partial charge in [0, 0.05) is 18.1 Å². The molecule has 1 radical (unpaired) electrons. The zero-order chi connectivity index (χ0) is 10.2. The molecule has 0 aliphatic carbocycles. The van der Waals surface area contributed by atoms with Crippen LogP contribution in [0.3, 0.4) is 0 Å². The zero-order valence-corrected chi connectivity index (χ0v) is 7.58. The predicted octanol–water partition coefficient (Wildman–Crippen LogP) is 1.99. The lowest BCUT2D eigenvalue weighted by Crippen LogP contribution is -1.82. The van der Waals surface area contributed by atoms with Gasteiger partial charge < -0.3 is 0 Å². The van der Waals surface area contributed by atoms with E-state index in [0.717, 1.165) is 11.1 Å². The van der Waals surface area contributed by atoms with E-state index in [1.807, 2.05) is 24.3 Å². The molecule has 0 bridgehead atoms. The molecule has 0 aliphatic heterocycles. The number of rotatable bonds is 1. The second-order valence-corrected chi connectivity index (χ2v) is 2.44. The van der Waals surface area contributed by atoms with Gasteiger partial charge in [-0.25, -0.2) is 0 Å². The molecule has 1 aromatic carbocycles. The van der Waals surface area contributed by atoms with Gasteiger partial charge in [-0.2, -0.15) is 0 Å². The molecular weight excluding hydrogens is 174 g/mol. The molecule has 0 amide bonds. The third-order valence-corrected chi connectivity index (χ3v) is 1.52. The molecular formula is C12H8NO. The van der Waals surface area contributed by atoms with Crippen molar-refractivity contribution >= 4 is 0 Å². The fourth-order valence-electron chi connectivity index (χ4n) is 0.963. The van der Waals surface area contributed by atoms with Gasteiger partial charge in [0.15, 0.2) is 0 Å². The van der Waals surface area contributed by atoms with Gasteiger partial charge in [-0.05, 0) is 12.1 Å². The monoisotopic (exact) mass is 182 g/mol. The summed E-state index contributed by atoms with van der Waals surface area (Å²) in [5, 5.41) is 2.65. The molecule has 2 nitrogen and oxygen atoms in total. The van der Waals surface area contributed by atoms with Gasteiger partial charge in [0.1, 0.15) is 6.54 Å². The number of hydrogen-bond donors (Lipinski definition) is 0. The Morgan fingerprint density at radius 1 is 1.21 bits per heavy atom. The minimum atomic E-state index is 0.00609. The second kappa shape index (κ2) is 5.56. The van der Waals surface area contributed by atoms with Crippen LogP contribution in [-0.4, -0.2) is 6.54 Å². The highest BCUT2D eigenvalue weighted by atomic mass is 16.3. The molecule has 0 aromatic heterocycles. The van der Waals surface area contributed by atoms with Crippen LogP contribution in [0, 0.1) is 35.5 Å². The summed E-state index contributed by atoms with van der Waals surface area (Å²) < 4.78 is 0. The van der Waals surface area contributed by atoms with Gasteiger partial charge in [-0.3, -0.25) is 0 Å². The molecule has 0 N–H and O–H groups in total. The predicted molar refractivity (Wildman–Crippen MR) is 56.2 cm³/mol. The van der Waals surface area contributed by atoms with Crippen LogP contribution in [0.1, 0.15) is 11.1 Å². The summed E-state index contributed by atoms with van der Waals surface area (Å²) in [6.45, 7) is 3.45. The topological polar surface area (TPSA) is 29.4 Å². The molecule has 0 unspecified atom stereocenters. The third-order valence-electron chi connectivity index (χ3n) is 1.52. The van der Waals surface area contributed by atoms with Crippen LogP contribution in [0.2, 0.25) is 0 Å². The van der Waals surface area contributed by atoms with Crippen LogP contribution in [0.5, 0.6) is 0 Å². The van der Waals surface area contributed by atoms with Crippen LogP contribution in [0.25, 0.3) is 0 Å². The summed E-state index contributed by atoms with van der Waals surface area (Å²) in [5.74, 6) is 10.9. The van der Waals surface area contributed by atoms with Gasteiger partial charge in [0.05, 0.1) is 0 Å². The van der Waals surface area contributed by atoms with Crippen molar-refractivity contribution in [1.29, 1.82) is 0 Å². The first-order valence-corrected chi connectivity index (χ1v) is 4.03. The van der Waals surface area contributed by atoms with Gasteiger partial charge in [0.25, 0.3) is 0 Å². The minimum Gasteiger partial charge on any atom is -0.150 e. The van der Waals surface area contributed by atoms with Crippen molar-refractivity contribution in [2.75, 3.05) is 6.54 Å². The Labute approximate surface area is 83.3 Å². The van der Waals surface area contributed by atoms with Crippen LogP contribution < -0.4 is 0 Å². The fraction of sp³-hybridized carbons (Fsp3) is 0.0833. The first kappa shape index (κ1) is 10.0. The van der Waals surface area contributed by atoms with Crippen molar-refractivity contribution in [1.82, 2.24) is 0 Å². The van der Waals surface area contributed by atoms with E-state index in [4.69, 9.17) is 0 Å².